The van der Waals surface area contributed by atoms with Crippen LogP contribution >= 0.6 is 15.9 Å². The molecule has 0 bridgehead atoms. The molecule has 1 atom stereocenters. The van der Waals surface area contributed by atoms with Crippen molar-refractivity contribution < 1.29 is 17.9 Å². The molecule has 0 amide bonds. The summed E-state index contributed by atoms with van der Waals surface area (Å²) in [4.78, 5) is 11.9. The second-order valence-electron chi connectivity index (χ2n) is 4.22. The van der Waals surface area contributed by atoms with Crippen molar-refractivity contribution in [2.75, 3.05) is 11.9 Å². The first-order valence-corrected chi connectivity index (χ1v) is 8.82. The molecule has 0 radical (unpaired) electrons. The number of hydrogen-bond donors (Lipinski definition) is 1. The summed E-state index contributed by atoms with van der Waals surface area (Å²) >= 11 is 3.20. The minimum atomic E-state index is -3.73. The Bertz CT molecular complexity index is 542. The van der Waals surface area contributed by atoms with Crippen molar-refractivity contribution >= 4 is 31.9 Å². The minimum absolute atomic E-state index is 0.131. The normalized spacial score (nSPS) is 12.9. The van der Waals surface area contributed by atoms with Crippen molar-refractivity contribution in [3.63, 3.8) is 0 Å². The van der Waals surface area contributed by atoms with Crippen molar-refractivity contribution in [2.24, 2.45) is 0 Å². The highest BCUT2D eigenvalue weighted by atomic mass is 79.9. The number of rotatable bonds is 7. The number of ether oxygens (including phenoxy) is 1. The van der Waals surface area contributed by atoms with E-state index in [2.05, 4.69) is 20.7 Å². The number of carbonyl (C=O) groups excluding carboxylic acids is 1. The van der Waals surface area contributed by atoms with Gasteiger partial charge in [-0.25, -0.2) is 8.42 Å². The maximum atomic E-state index is 12.2. The second-order valence-corrected chi connectivity index (χ2v) is 6.72. The standard InChI is InChI=1S/C13H18BrNO4S/c1-3-19-13(16)12(8-9-14)15-20(17,18)11-6-4-10(2)5-7-11/h4-7,12,15H,3,8-9H2,1-2H3. The highest BCUT2D eigenvalue weighted by molar-refractivity contribution is 9.09. The van der Waals surface area contributed by atoms with Gasteiger partial charge in [0.25, 0.3) is 0 Å². The number of sulfonamides is 1. The largest absolute Gasteiger partial charge is 0.465 e. The van der Waals surface area contributed by atoms with Gasteiger partial charge in [0.15, 0.2) is 0 Å². The molecular weight excluding hydrogens is 346 g/mol. The SMILES string of the molecule is CCOC(=O)C(CCBr)NS(=O)(=O)c1ccc(C)cc1. The molecule has 1 aromatic rings. The van der Waals surface area contributed by atoms with Crippen LogP contribution in [0.25, 0.3) is 0 Å². The first kappa shape index (κ1) is 17.1. The first-order valence-electron chi connectivity index (χ1n) is 6.22. The molecule has 20 heavy (non-hydrogen) atoms. The fourth-order valence-corrected chi connectivity index (χ4v) is 3.23. The van der Waals surface area contributed by atoms with E-state index in [1.807, 2.05) is 6.92 Å². The Balaban J connectivity index is 2.91. The van der Waals surface area contributed by atoms with Crippen molar-refractivity contribution in [2.45, 2.75) is 31.2 Å². The molecule has 1 unspecified atom stereocenters. The molecule has 1 rings (SSSR count). The molecule has 0 saturated heterocycles. The Hall–Kier alpha value is -0.920. The Kier molecular flexibility index (Phi) is 6.64. The summed E-state index contributed by atoms with van der Waals surface area (Å²) in [5, 5.41) is 0.493. The maximum absolute atomic E-state index is 12.2. The third kappa shape index (κ3) is 4.88. The van der Waals surface area contributed by atoms with E-state index >= 15 is 0 Å². The van der Waals surface area contributed by atoms with Gasteiger partial charge in [-0.1, -0.05) is 33.6 Å². The molecule has 0 heterocycles. The number of alkyl halides is 1. The van der Waals surface area contributed by atoms with Crippen LogP contribution in [0.1, 0.15) is 18.9 Å². The molecule has 1 aromatic carbocycles. The smallest absolute Gasteiger partial charge is 0.324 e. The van der Waals surface area contributed by atoms with E-state index < -0.39 is 22.0 Å². The molecule has 112 valence electrons. The van der Waals surface area contributed by atoms with E-state index in [-0.39, 0.29) is 11.5 Å². The number of esters is 1. The highest BCUT2D eigenvalue weighted by Crippen LogP contribution is 2.12. The summed E-state index contributed by atoms with van der Waals surface area (Å²) in [5.41, 5.74) is 0.964. The van der Waals surface area contributed by atoms with Crippen LogP contribution in [0.5, 0.6) is 0 Å². The Labute approximate surface area is 127 Å². The monoisotopic (exact) mass is 363 g/mol. The third-order valence-corrected chi connectivity index (χ3v) is 4.54. The lowest BCUT2D eigenvalue weighted by molar-refractivity contribution is -0.145. The Morgan fingerprint density at radius 1 is 1.35 bits per heavy atom. The second kappa shape index (κ2) is 7.75. The quantitative estimate of drug-likeness (QED) is 0.593. The lowest BCUT2D eigenvalue weighted by atomic mass is 10.2. The third-order valence-electron chi connectivity index (χ3n) is 2.60. The topological polar surface area (TPSA) is 72.5 Å². The number of benzene rings is 1. The lowest BCUT2D eigenvalue weighted by Gasteiger charge is -2.16. The van der Waals surface area contributed by atoms with Gasteiger partial charge in [0.1, 0.15) is 6.04 Å². The van der Waals surface area contributed by atoms with E-state index in [1.165, 1.54) is 12.1 Å². The fourth-order valence-electron chi connectivity index (χ4n) is 1.55. The minimum Gasteiger partial charge on any atom is -0.465 e. The average Bonchev–Trinajstić information content (AvgIpc) is 2.39. The van der Waals surface area contributed by atoms with Crippen LogP contribution < -0.4 is 4.72 Å². The summed E-state index contributed by atoms with van der Waals surface area (Å²) in [6.07, 6.45) is 0.323. The highest BCUT2D eigenvalue weighted by Gasteiger charge is 2.26. The molecule has 0 saturated carbocycles. The van der Waals surface area contributed by atoms with E-state index in [0.29, 0.717) is 11.8 Å². The molecule has 0 fully saturated rings. The number of carbonyl (C=O) groups is 1. The zero-order valence-corrected chi connectivity index (χ0v) is 13.8. The van der Waals surface area contributed by atoms with Crippen LogP contribution in [0.4, 0.5) is 0 Å². The van der Waals surface area contributed by atoms with Gasteiger partial charge in [-0.2, -0.15) is 4.72 Å². The van der Waals surface area contributed by atoms with E-state index in [9.17, 15) is 13.2 Å². The van der Waals surface area contributed by atoms with Crippen LogP contribution in [0.15, 0.2) is 29.2 Å². The van der Waals surface area contributed by atoms with Crippen molar-refractivity contribution in [3.8, 4) is 0 Å². The summed E-state index contributed by atoms with van der Waals surface area (Å²) in [6, 6.07) is 5.54. The van der Waals surface area contributed by atoms with Gasteiger partial charge in [-0.3, -0.25) is 4.79 Å². The van der Waals surface area contributed by atoms with Gasteiger partial charge in [0.2, 0.25) is 10.0 Å². The molecule has 0 aliphatic heterocycles. The molecular formula is C13H18BrNO4S. The Morgan fingerprint density at radius 3 is 2.45 bits per heavy atom. The summed E-state index contributed by atoms with van der Waals surface area (Å²) < 4.78 is 31.7. The van der Waals surface area contributed by atoms with Gasteiger partial charge < -0.3 is 4.74 Å². The average molecular weight is 364 g/mol. The maximum Gasteiger partial charge on any atom is 0.324 e. The van der Waals surface area contributed by atoms with Gasteiger partial charge >= 0.3 is 5.97 Å². The van der Waals surface area contributed by atoms with Crippen molar-refractivity contribution in [3.05, 3.63) is 29.8 Å². The van der Waals surface area contributed by atoms with Crippen LogP contribution in [-0.4, -0.2) is 32.4 Å². The predicted molar refractivity (Wildman–Crippen MR) is 80.3 cm³/mol. The lowest BCUT2D eigenvalue weighted by Crippen LogP contribution is -2.42. The van der Waals surface area contributed by atoms with Crippen molar-refractivity contribution in [1.29, 1.82) is 0 Å². The number of hydrogen-bond acceptors (Lipinski definition) is 4. The molecule has 0 aliphatic rings. The zero-order chi connectivity index (χ0) is 15.2. The molecule has 7 heteroatoms. The summed E-state index contributed by atoms with van der Waals surface area (Å²) in [7, 11) is -3.73. The molecule has 0 aliphatic carbocycles. The van der Waals surface area contributed by atoms with Crippen LogP contribution in [-0.2, 0) is 19.6 Å². The van der Waals surface area contributed by atoms with Crippen LogP contribution in [0.2, 0.25) is 0 Å². The van der Waals surface area contributed by atoms with Crippen LogP contribution in [0.3, 0.4) is 0 Å². The first-order chi connectivity index (χ1) is 9.40. The van der Waals surface area contributed by atoms with E-state index in [0.717, 1.165) is 5.56 Å². The predicted octanol–water partition coefficient (Wildman–Crippen LogP) is 1.99. The van der Waals surface area contributed by atoms with Crippen molar-refractivity contribution in [1.82, 2.24) is 4.72 Å². The van der Waals surface area contributed by atoms with Gasteiger partial charge in [-0.15, -0.1) is 0 Å². The Morgan fingerprint density at radius 2 is 1.95 bits per heavy atom. The molecule has 0 spiro atoms. The summed E-state index contributed by atoms with van der Waals surface area (Å²) in [5.74, 6) is -0.567. The van der Waals surface area contributed by atoms with Gasteiger partial charge in [0.05, 0.1) is 11.5 Å². The zero-order valence-electron chi connectivity index (χ0n) is 11.4. The number of nitrogens with one attached hydrogen (secondary N) is 1. The summed E-state index contributed by atoms with van der Waals surface area (Å²) in [6.45, 7) is 3.76. The molecule has 1 N–H and O–H groups in total. The number of halogens is 1. The van der Waals surface area contributed by atoms with Crippen LogP contribution in [0, 0.1) is 6.92 Å². The molecule has 5 nitrogen and oxygen atoms in total. The molecule has 0 aromatic heterocycles. The van der Waals surface area contributed by atoms with Gasteiger partial charge in [0, 0.05) is 5.33 Å². The number of aryl methyl sites for hydroxylation is 1. The fraction of sp³-hybridized carbons (Fsp3) is 0.462. The van der Waals surface area contributed by atoms with E-state index in [4.69, 9.17) is 4.74 Å². The van der Waals surface area contributed by atoms with Gasteiger partial charge in [-0.05, 0) is 32.4 Å². The van der Waals surface area contributed by atoms with E-state index in [1.54, 1.807) is 19.1 Å².